The second-order valence-corrected chi connectivity index (χ2v) is 7.66. The molecule has 1 saturated carbocycles. The van der Waals surface area contributed by atoms with Gasteiger partial charge in [-0.1, -0.05) is 32.0 Å². The molecule has 26 heavy (non-hydrogen) atoms. The molecule has 1 aromatic heterocycles. The number of pyridine rings is 1. The minimum atomic E-state index is 0.00231. The second-order valence-electron chi connectivity index (χ2n) is 7.66. The van der Waals surface area contributed by atoms with Crippen molar-refractivity contribution in [3.63, 3.8) is 0 Å². The summed E-state index contributed by atoms with van der Waals surface area (Å²) in [6.45, 7) is 6.24. The Morgan fingerprint density at radius 1 is 1.04 bits per heavy atom. The molecular weight excluding hydrogens is 326 g/mol. The summed E-state index contributed by atoms with van der Waals surface area (Å²) in [6.07, 6.45) is 2.32. The number of hydrogen-bond donors (Lipinski definition) is 0. The largest absolute Gasteiger partial charge is 0.339 e. The summed E-state index contributed by atoms with van der Waals surface area (Å²) >= 11 is 0. The third kappa shape index (κ3) is 3.18. The summed E-state index contributed by atoms with van der Waals surface area (Å²) < 4.78 is 0. The molecule has 2 aliphatic rings. The molecule has 1 aliphatic carbocycles. The molecule has 136 valence electrons. The molecule has 4 rings (SSSR count). The zero-order chi connectivity index (χ0) is 18.3. The predicted octanol–water partition coefficient (Wildman–Crippen LogP) is 3.05. The van der Waals surface area contributed by atoms with E-state index in [-0.39, 0.29) is 17.7 Å². The van der Waals surface area contributed by atoms with E-state index in [1.165, 1.54) is 0 Å². The molecular formula is C21H25N3O2. The molecule has 0 atom stereocenters. The monoisotopic (exact) mass is 351 g/mol. The standard InChI is InChI=1S/C21H25N3O2/c1-14(2)20(25)23-9-11-24(12-10-23)21(26)17-13-19(15-7-8-15)22-18-6-4-3-5-16(17)18/h3-6,13-15H,7-12H2,1-2H3. The number of amides is 2. The van der Waals surface area contributed by atoms with E-state index in [1.807, 2.05) is 54.0 Å². The molecule has 2 fully saturated rings. The molecule has 1 aromatic carbocycles. The molecule has 1 saturated heterocycles. The van der Waals surface area contributed by atoms with E-state index < -0.39 is 0 Å². The van der Waals surface area contributed by atoms with Crippen LogP contribution in [0, 0.1) is 5.92 Å². The summed E-state index contributed by atoms with van der Waals surface area (Å²) in [5.41, 5.74) is 2.69. The summed E-state index contributed by atoms with van der Waals surface area (Å²) in [5, 5.41) is 0.919. The molecule has 2 amide bonds. The Labute approximate surface area is 154 Å². The van der Waals surface area contributed by atoms with Crippen LogP contribution in [0.4, 0.5) is 0 Å². The van der Waals surface area contributed by atoms with E-state index in [0.29, 0.717) is 32.1 Å². The van der Waals surface area contributed by atoms with Gasteiger partial charge in [-0.15, -0.1) is 0 Å². The Morgan fingerprint density at radius 3 is 2.35 bits per heavy atom. The van der Waals surface area contributed by atoms with Gasteiger partial charge in [0.15, 0.2) is 0 Å². The van der Waals surface area contributed by atoms with Gasteiger partial charge in [0.25, 0.3) is 5.91 Å². The second kappa shape index (κ2) is 6.71. The van der Waals surface area contributed by atoms with Crippen molar-refractivity contribution in [3.05, 3.63) is 41.6 Å². The first-order chi connectivity index (χ1) is 12.5. The zero-order valence-electron chi connectivity index (χ0n) is 15.4. The molecule has 0 unspecified atom stereocenters. The summed E-state index contributed by atoms with van der Waals surface area (Å²) in [6, 6.07) is 9.88. The molecule has 2 heterocycles. The maximum atomic E-state index is 13.2. The van der Waals surface area contributed by atoms with Gasteiger partial charge in [-0.2, -0.15) is 0 Å². The third-order valence-corrected chi connectivity index (χ3v) is 5.33. The van der Waals surface area contributed by atoms with Crippen LogP contribution in [-0.4, -0.2) is 52.8 Å². The van der Waals surface area contributed by atoms with Crippen LogP contribution >= 0.6 is 0 Å². The van der Waals surface area contributed by atoms with Crippen molar-refractivity contribution in [2.45, 2.75) is 32.6 Å². The Kier molecular flexibility index (Phi) is 4.39. The molecule has 0 bridgehead atoms. The number of fused-ring (bicyclic) bond motifs is 1. The Bertz CT molecular complexity index is 849. The molecule has 5 heteroatoms. The Hall–Kier alpha value is -2.43. The summed E-state index contributed by atoms with van der Waals surface area (Å²) in [4.78, 5) is 33.9. The number of carbonyl (C=O) groups excluding carboxylic acids is 2. The first-order valence-electron chi connectivity index (χ1n) is 9.52. The van der Waals surface area contributed by atoms with E-state index in [4.69, 9.17) is 4.98 Å². The van der Waals surface area contributed by atoms with E-state index in [0.717, 1.165) is 35.0 Å². The average Bonchev–Trinajstić information content (AvgIpc) is 3.51. The number of hydrogen-bond acceptors (Lipinski definition) is 3. The Morgan fingerprint density at radius 2 is 1.69 bits per heavy atom. The van der Waals surface area contributed by atoms with Gasteiger partial charge in [-0.3, -0.25) is 14.6 Å². The van der Waals surface area contributed by atoms with Gasteiger partial charge in [0.2, 0.25) is 5.91 Å². The average molecular weight is 351 g/mol. The maximum absolute atomic E-state index is 13.2. The number of para-hydroxylation sites is 1. The van der Waals surface area contributed by atoms with E-state index in [9.17, 15) is 9.59 Å². The van der Waals surface area contributed by atoms with Gasteiger partial charge < -0.3 is 9.80 Å². The van der Waals surface area contributed by atoms with Gasteiger partial charge in [0.05, 0.1) is 11.1 Å². The lowest BCUT2D eigenvalue weighted by Gasteiger charge is -2.35. The van der Waals surface area contributed by atoms with Crippen molar-refractivity contribution < 1.29 is 9.59 Å². The van der Waals surface area contributed by atoms with Gasteiger partial charge in [0.1, 0.15) is 0 Å². The fraction of sp³-hybridized carbons (Fsp3) is 0.476. The molecule has 0 radical (unpaired) electrons. The number of rotatable bonds is 3. The Balaban J connectivity index is 1.58. The fourth-order valence-electron chi connectivity index (χ4n) is 3.63. The number of benzene rings is 1. The molecule has 5 nitrogen and oxygen atoms in total. The number of aromatic nitrogens is 1. The van der Waals surface area contributed by atoms with Crippen molar-refractivity contribution in [1.29, 1.82) is 0 Å². The van der Waals surface area contributed by atoms with Gasteiger partial charge in [-0.25, -0.2) is 0 Å². The van der Waals surface area contributed by atoms with Crippen molar-refractivity contribution in [3.8, 4) is 0 Å². The predicted molar refractivity (Wildman–Crippen MR) is 101 cm³/mol. The number of piperazine rings is 1. The van der Waals surface area contributed by atoms with Crippen LogP contribution in [0.25, 0.3) is 10.9 Å². The lowest BCUT2D eigenvalue weighted by atomic mass is 10.0. The van der Waals surface area contributed by atoms with Crippen LogP contribution in [0.1, 0.15) is 48.7 Å². The van der Waals surface area contributed by atoms with E-state index in [1.54, 1.807) is 0 Å². The summed E-state index contributed by atoms with van der Waals surface area (Å²) in [5.74, 6) is 0.735. The van der Waals surface area contributed by atoms with Crippen LogP contribution < -0.4 is 0 Å². The highest BCUT2D eigenvalue weighted by molar-refractivity contribution is 6.06. The van der Waals surface area contributed by atoms with Crippen LogP contribution in [0.2, 0.25) is 0 Å². The quantitative estimate of drug-likeness (QED) is 0.854. The van der Waals surface area contributed by atoms with Crippen molar-refractivity contribution in [1.82, 2.24) is 14.8 Å². The highest BCUT2D eigenvalue weighted by Gasteiger charge is 2.30. The topological polar surface area (TPSA) is 53.5 Å². The minimum Gasteiger partial charge on any atom is -0.339 e. The van der Waals surface area contributed by atoms with E-state index >= 15 is 0 Å². The first kappa shape index (κ1) is 17.0. The lowest BCUT2D eigenvalue weighted by Crippen LogP contribution is -2.51. The minimum absolute atomic E-state index is 0.00231. The summed E-state index contributed by atoms with van der Waals surface area (Å²) in [7, 11) is 0. The zero-order valence-corrected chi connectivity index (χ0v) is 15.4. The van der Waals surface area contributed by atoms with Crippen LogP contribution in [0.5, 0.6) is 0 Å². The highest BCUT2D eigenvalue weighted by Crippen LogP contribution is 2.40. The normalized spacial score (nSPS) is 17.8. The fourth-order valence-corrected chi connectivity index (χ4v) is 3.63. The van der Waals surface area contributed by atoms with Crippen LogP contribution in [0.15, 0.2) is 30.3 Å². The molecule has 2 aromatic rings. The van der Waals surface area contributed by atoms with Crippen molar-refractivity contribution in [2.75, 3.05) is 26.2 Å². The first-order valence-corrected chi connectivity index (χ1v) is 9.52. The van der Waals surface area contributed by atoms with Crippen molar-refractivity contribution >= 4 is 22.7 Å². The van der Waals surface area contributed by atoms with Gasteiger partial charge in [0, 0.05) is 49.1 Å². The van der Waals surface area contributed by atoms with Crippen LogP contribution in [-0.2, 0) is 4.79 Å². The third-order valence-electron chi connectivity index (χ3n) is 5.33. The smallest absolute Gasteiger partial charge is 0.254 e. The SMILES string of the molecule is CC(C)C(=O)N1CCN(C(=O)c2cc(C3CC3)nc3ccccc23)CC1. The lowest BCUT2D eigenvalue weighted by molar-refractivity contribution is -0.135. The van der Waals surface area contributed by atoms with E-state index in [2.05, 4.69) is 0 Å². The van der Waals surface area contributed by atoms with Gasteiger partial charge >= 0.3 is 0 Å². The molecule has 1 aliphatic heterocycles. The molecule has 0 N–H and O–H groups in total. The molecule has 0 spiro atoms. The highest BCUT2D eigenvalue weighted by atomic mass is 16.2. The van der Waals surface area contributed by atoms with Crippen molar-refractivity contribution in [2.24, 2.45) is 5.92 Å². The maximum Gasteiger partial charge on any atom is 0.254 e. The van der Waals surface area contributed by atoms with Crippen LogP contribution in [0.3, 0.4) is 0 Å². The number of carbonyl (C=O) groups is 2. The number of nitrogens with zero attached hydrogens (tertiary/aromatic N) is 3. The van der Waals surface area contributed by atoms with Gasteiger partial charge in [-0.05, 0) is 25.0 Å².